The molecule has 1 atom stereocenters. The van der Waals surface area contributed by atoms with Crippen LogP contribution < -0.4 is 0 Å². The Balaban J connectivity index is 2.05. The first-order chi connectivity index (χ1) is 7.86. The van der Waals surface area contributed by atoms with Gasteiger partial charge in [-0.1, -0.05) is 0 Å². The van der Waals surface area contributed by atoms with Gasteiger partial charge in [0.25, 0.3) is 0 Å². The highest BCUT2D eigenvalue weighted by molar-refractivity contribution is 5.76. The van der Waals surface area contributed by atoms with Gasteiger partial charge in [0.1, 0.15) is 5.82 Å². The van der Waals surface area contributed by atoms with E-state index in [9.17, 15) is 0 Å². The second-order valence-electron chi connectivity index (χ2n) is 4.03. The maximum atomic E-state index is 8.81. The molecule has 1 aromatic carbocycles. The molecule has 0 saturated carbocycles. The second-order valence-corrected chi connectivity index (χ2v) is 4.03. The topological polar surface area (TPSA) is 61.7 Å². The summed E-state index contributed by atoms with van der Waals surface area (Å²) in [5, 5.41) is 8.81. The molecule has 80 valence electrons. The van der Waals surface area contributed by atoms with Gasteiger partial charge in [0.05, 0.1) is 29.3 Å². The van der Waals surface area contributed by atoms with Crippen LogP contribution in [0.3, 0.4) is 0 Å². The number of rotatable bonds is 1. The van der Waals surface area contributed by atoms with Crippen molar-refractivity contribution in [3.8, 4) is 6.07 Å². The Hall–Kier alpha value is -1.86. The Kier molecular flexibility index (Phi) is 2.12. The number of benzene rings is 1. The summed E-state index contributed by atoms with van der Waals surface area (Å²) in [5.74, 6) is 1.35. The van der Waals surface area contributed by atoms with Gasteiger partial charge in [-0.15, -0.1) is 0 Å². The van der Waals surface area contributed by atoms with E-state index in [0.717, 1.165) is 36.5 Å². The van der Waals surface area contributed by atoms with Crippen molar-refractivity contribution in [2.24, 2.45) is 0 Å². The minimum atomic E-state index is 0.373. The predicted octanol–water partition coefficient (Wildman–Crippen LogP) is 1.94. The normalized spacial score (nSPS) is 20.1. The maximum Gasteiger partial charge on any atom is 0.112 e. The monoisotopic (exact) mass is 213 g/mol. The lowest BCUT2D eigenvalue weighted by Gasteiger charge is -2.00. The molecule has 1 aromatic heterocycles. The number of nitrogens with one attached hydrogen (secondary N) is 1. The minimum Gasteiger partial charge on any atom is -0.381 e. The molecule has 0 aliphatic carbocycles. The Morgan fingerprint density at radius 2 is 2.44 bits per heavy atom. The van der Waals surface area contributed by atoms with Gasteiger partial charge in [0, 0.05) is 12.5 Å². The standard InChI is InChI=1S/C12H11N3O/c13-6-8-1-2-10-11(5-8)15-12(14-10)9-3-4-16-7-9/h1-2,5,9H,3-4,7H2,(H,14,15). The Bertz CT molecular complexity index is 561. The number of aromatic nitrogens is 2. The molecule has 4 nitrogen and oxygen atoms in total. The van der Waals surface area contributed by atoms with E-state index in [2.05, 4.69) is 16.0 Å². The van der Waals surface area contributed by atoms with E-state index < -0.39 is 0 Å². The number of hydrogen-bond acceptors (Lipinski definition) is 3. The molecule has 3 rings (SSSR count). The highest BCUT2D eigenvalue weighted by Crippen LogP contribution is 2.25. The van der Waals surface area contributed by atoms with E-state index in [1.54, 1.807) is 6.07 Å². The third kappa shape index (κ3) is 1.46. The zero-order valence-electron chi connectivity index (χ0n) is 8.73. The Morgan fingerprint density at radius 1 is 1.50 bits per heavy atom. The van der Waals surface area contributed by atoms with Crippen LogP contribution in [0, 0.1) is 11.3 Å². The Morgan fingerprint density at radius 3 is 3.19 bits per heavy atom. The molecular weight excluding hydrogens is 202 g/mol. The van der Waals surface area contributed by atoms with Crippen molar-refractivity contribution in [3.05, 3.63) is 29.6 Å². The smallest absolute Gasteiger partial charge is 0.112 e. The van der Waals surface area contributed by atoms with Crippen molar-refractivity contribution in [1.29, 1.82) is 5.26 Å². The third-order valence-corrected chi connectivity index (χ3v) is 2.95. The van der Waals surface area contributed by atoms with Crippen LogP contribution in [0.4, 0.5) is 0 Å². The molecular formula is C12H11N3O. The number of aromatic amines is 1. The largest absolute Gasteiger partial charge is 0.381 e. The molecule has 0 bridgehead atoms. The first-order valence-electron chi connectivity index (χ1n) is 5.34. The van der Waals surface area contributed by atoms with Crippen molar-refractivity contribution in [3.63, 3.8) is 0 Å². The van der Waals surface area contributed by atoms with Gasteiger partial charge in [-0.05, 0) is 24.6 Å². The summed E-state index contributed by atoms with van der Waals surface area (Å²) >= 11 is 0. The molecule has 0 spiro atoms. The lowest BCUT2D eigenvalue weighted by Crippen LogP contribution is -1.99. The molecule has 1 saturated heterocycles. The summed E-state index contributed by atoms with van der Waals surface area (Å²) in [7, 11) is 0. The zero-order chi connectivity index (χ0) is 11.0. The molecule has 1 fully saturated rings. The summed E-state index contributed by atoms with van der Waals surface area (Å²) in [6.45, 7) is 1.55. The SMILES string of the molecule is N#Cc1ccc2nc(C3CCOC3)[nH]c2c1. The van der Waals surface area contributed by atoms with Crippen molar-refractivity contribution in [2.45, 2.75) is 12.3 Å². The van der Waals surface area contributed by atoms with Gasteiger partial charge in [-0.25, -0.2) is 4.98 Å². The zero-order valence-corrected chi connectivity index (χ0v) is 8.73. The van der Waals surface area contributed by atoms with Crippen LogP contribution in [0.5, 0.6) is 0 Å². The average Bonchev–Trinajstić information content (AvgIpc) is 2.96. The number of nitriles is 1. The van der Waals surface area contributed by atoms with E-state index in [0.29, 0.717) is 11.5 Å². The summed E-state index contributed by atoms with van der Waals surface area (Å²) in [6, 6.07) is 7.63. The van der Waals surface area contributed by atoms with Gasteiger partial charge in [-0.2, -0.15) is 5.26 Å². The van der Waals surface area contributed by atoms with Crippen LogP contribution in [0.1, 0.15) is 23.7 Å². The maximum absolute atomic E-state index is 8.81. The van der Waals surface area contributed by atoms with Gasteiger partial charge in [0.15, 0.2) is 0 Å². The Labute approximate surface area is 92.9 Å². The van der Waals surface area contributed by atoms with Crippen LogP contribution in [-0.4, -0.2) is 23.2 Å². The average molecular weight is 213 g/mol. The number of ether oxygens (including phenoxy) is 1. The van der Waals surface area contributed by atoms with E-state index in [4.69, 9.17) is 10.00 Å². The molecule has 16 heavy (non-hydrogen) atoms. The van der Waals surface area contributed by atoms with Crippen LogP contribution in [-0.2, 0) is 4.74 Å². The lowest BCUT2D eigenvalue weighted by atomic mass is 10.1. The number of nitrogens with zero attached hydrogens (tertiary/aromatic N) is 2. The van der Waals surface area contributed by atoms with Crippen molar-refractivity contribution < 1.29 is 4.74 Å². The van der Waals surface area contributed by atoms with Gasteiger partial charge >= 0.3 is 0 Å². The number of fused-ring (bicyclic) bond motifs is 1. The quantitative estimate of drug-likeness (QED) is 0.787. The number of hydrogen-bond donors (Lipinski definition) is 1. The van der Waals surface area contributed by atoms with Crippen molar-refractivity contribution >= 4 is 11.0 Å². The molecule has 2 aromatic rings. The minimum absolute atomic E-state index is 0.373. The summed E-state index contributed by atoms with van der Waals surface area (Å²) in [5.41, 5.74) is 2.51. The molecule has 1 N–H and O–H groups in total. The van der Waals surface area contributed by atoms with Crippen LogP contribution in [0.2, 0.25) is 0 Å². The summed E-state index contributed by atoms with van der Waals surface area (Å²) < 4.78 is 5.34. The molecule has 2 heterocycles. The fourth-order valence-corrected chi connectivity index (χ4v) is 2.04. The lowest BCUT2D eigenvalue weighted by molar-refractivity contribution is 0.193. The van der Waals surface area contributed by atoms with E-state index in [1.165, 1.54) is 0 Å². The molecule has 1 aliphatic rings. The summed E-state index contributed by atoms with van der Waals surface area (Å²) in [6.07, 6.45) is 1.02. The van der Waals surface area contributed by atoms with Gasteiger partial charge in [-0.3, -0.25) is 0 Å². The predicted molar refractivity (Wildman–Crippen MR) is 59.0 cm³/mol. The highest BCUT2D eigenvalue weighted by Gasteiger charge is 2.20. The van der Waals surface area contributed by atoms with E-state index in [-0.39, 0.29) is 0 Å². The van der Waals surface area contributed by atoms with Crippen LogP contribution in [0.25, 0.3) is 11.0 Å². The highest BCUT2D eigenvalue weighted by atomic mass is 16.5. The van der Waals surface area contributed by atoms with E-state index >= 15 is 0 Å². The van der Waals surface area contributed by atoms with Gasteiger partial charge in [0.2, 0.25) is 0 Å². The number of H-pyrrole nitrogens is 1. The van der Waals surface area contributed by atoms with Crippen molar-refractivity contribution in [1.82, 2.24) is 9.97 Å². The first-order valence-corrected chi connectivity index (χ1v) is 5.34. The molecule has 4 heteroatoms. The van der Waals surface area contributed by atoms with Crippen LogP contribution >= 0.6 is 0 Å². The molecule has 1 aliphatic heterocycles. The summed E-state index contributed by atoms with van der Waals surface area (Å²) in [4.78, 5) is 7.80. The second kappa shape index (κ2) is 3.62. The fraction of sp³-hybridized carbons (Fsp3) is 0.333. The number of imidazole rings is 1. The van der Waals surface area contributed by atoms with Gasteiger partial charge < -0.3 is 9.72 Å². The van der Waals surface area contributed by atoms with E-state index in [1.807, 2.05) is 12.1 Å². The molecule has 0 radical (unpaired) electrons. The fourth-order valence-electron chi connectivity index (χ4n) is 2.04. The third-order valence-electron chi connectivity index (χ3n) is 2.95. The molecule has 1 unspecified atom stereocenters. The van der Waals surface area contributed by atoms with Crippen LogP contribution in [0.15, 0.2) is 18.2 Å². The van der Waals surface area contributed by atoms with Crippen molar-refractivity contribution in [2.75, 3.05) is 13.2 Å². The first kappa shape index (κ1) is 9.37. The molecule has 0 amide bonds.